The predicted molar refractivity (Wildman–Crippen MR) is 114 cm³/mol. The van der Waals surface area contributed by atoms with Gasteiger partial charge in [0.25, 0.3) is 5.91 Å². The van der Waals surface area contributed by atoms with Gasteiger partial charge in [0.15, 0.2) is 0 Å². The molecule has 0 bridgehead atoms. The van der Waals surface area contributed by atoms with Gasteiger partial charge < -0.3 is 14.9 Å². The maximum Gasteiger partial charge on any atom is 0.270 e. The van der Waals surface area contributed by atoms with Crippen LogP contribution in [-0.2, 0) is 6.54 Å². The van der Waals surface area contributed by atoms with E-state index in [-0.39, 0.29) is 13.8 Å². The number of halogens is 1. The van der Waals surface area contributed by atoms with Gasteiger partial charge in [-0.3, -0.25) is 4.79 Å². The van der Waals surface area contributed by atoms with E-state index < -0.39 is 0 Å². The minimum absolute atomic E-state index is 0. The molecule has 3 aromatic heterocycles. The molecule has 4 aromatic rings. The number of aromatic nitrogens is 3. The lowest BCUT2D eigenvalue weighted by molar-refractivity contribution is 0.0741. The minimum atomic E-state index is -0.161. The van der Waals surface area contributed by atoms with Gasteiger partial charge in [-0.05, 0) is 17.7 Å². The van der Waals surface area contributed by atoms with Crippen LogP contribution in [0.3, 0.4) is 0 Å². The Labute approximate surface area is 174 Å². The predicted octanol–water partition coefficient (Wildman–Crippen LogP) is 5.01. The lowest BCUT2D eigenvalue weighted by Crippen LogP contribution is -2.31. The van der Waals surface area contributed by atoms with Crippen LogP contribution < -0.4 is 0 Å². The van der Waals surface area contributed by atoms with Crippen LogP contribution >= 0.6 is 11.6 Å². The molecule has 7 heteroatoms. The quantitative estimate of drug-likeness (QED) is 0.472. The second-order valence-electron chi connectivity index (χ2n) is 6.64. The Bertz CT molecular complexity index is 1200. The third kappa shape index (κ3) is 3.86. The molecule has 1 amide bonds. The van der Waals surface area contributed by atoms with Crippen LogP contribution in [0.4, 0.5) is 0 Å². The topological polar surface area (TPSA) is 88.6 Å². The summed E-state index contributed by atoms with van der Waals surface area (Å²) in [6.45, 7) is 0.796. The van der Waals surface area contributed by atoms with E-state index in [2.05, 4.69) is 21.0 Å². The van der Waals surface area contributed by atoms with E-state index >= 15 is 0 Å². The van der Waals surface area contributed by atoms with Crippen LogP contribution in [-0.4, -0.2) is 32.3 Å². The molecule has 0 radical (unpaired) electrons. The van der Waals surface area contributed by atoms with E-state index in [4.69, 9.17) is 16.9 Å². The summed E-state index contributed by atoms with van der Waals surface area (Å²) in [7, 11) is 0. The maximum atomic E-state index is 13.1. The average Bonchev–Trinajstić information content (AvgIpc) is 3.41. The number of pyridine rings is 1. The normalized spacial score (nSPS) is 10.8. The molecule has 2 N–H and O–H groups in total. The molecule has 0 saturated heterocycles. The Balaban J connectivity index is 0.00000256. The van der Waals surface area contributed by atoms with Crippen LogP contribution in [0.25, 0.3) is 22.2 Å². The first-order chi connectivity index (χ1) is 14.2. The van der Waals surface area contributed by atoms with Crippen molar-refractivity contribution in [1.82, 2.24) is 19.9 Å². The highest BCUT2D eigenvalue weighted by atomic mass is 35.5. The Morgan fingerprint density at radius 2 is 2.07 bits per heavy atom. The molecule has 0 fully saturated rings. The Morgan fingerprint density at radius 1 is 1.24 bits per heavy atom. The summed E-state index contributed by atoms with van der Waals surface area (Å²) in [6.07, 6.45) is 5.44. The number of amides is 1. The Hall–Kier alpha value is -3.56. The molecule has 0 aliphatic heterocycles. The van der Waals surface area contributed by atoms with Crippen molar-refractivity contribution in [2.75, 3.05) is 6.54 Å². The van der Waals surface area contributed by atoms with Gasteiger partial charge in [-0.1, -0.05) is 41.9 Å². The fraction of sp³-hybridized carbons (Fsp3) is 0.136. The number of carbonyl (C=O) groups is 1. The standard InChI is InChI=1S/C22H18ClN5O.H2/c23-18-13-27-21-17(7-9-25-21)20(18)16-11-19(26-12-16)22(29)28(10-4-8-24)14-15-5-2-1-3-6-15;/h1-3,5-7,9,11-13,26H,4,10,14H2,(H,25,27);1H. The number of nitrogens with one attached hydrogen (secondary N) is 2. The van der Waals surface area contributed by atoms with Crippen molar-refractivity contribution in [3.05, 3.63) is 77.3 Å². The van der Waals surface area contributed by atoms with Crippen LogP contribution in [0, 0.1) is 11.3 Å². The number of hydrogen-bond acceptors (Lipinski definition) is 3. The van der Waals surface area contributed by atoms with Crippen molar-refractivity contribution >= 4 is 28.5 Å². The summed E-state index contributed by atoms with van der Waals surface area (Å²) in [5, 5.41) is 10.4. The number of rotatable bonds is 6. The first kappa shape index (κ1) is 18.8. The van der Waals surface area contributed by atoms with Crippen molar-refractivity contribution in [2.45, 2.75) is 13.0 Å². The minimum Gasteiger partial charge on any atom is -0.357 e. The van der Waals surface area contributed by atoms with E-state index in [1.807, 2.05) is 36.4 Å². The molecular formula is C22H20ClN5O. The molecule has 0 unspecified atom stereocenters. The number of H-pyrrole nitrogens is 2. The summed E-state index contributed by atoms with van der Waals surface area (Å²) in [5.41, 5.74) is 3.82. The van der Waals surface area contributed by atoms with E-state index in [0.717, 1.165) is 27.7 Å². The highest BCUT2D eigenvalue weighted by molar-refractivity contribution is 6.34. The van der Waals surface area contributed by atoms with Crippen molar-refractivity contribution in [3.8, 4) is 17.2 Å². The molecule has 29 heavy (non-hydrogen) atoms. The third-order valence-electron chi connectivity index (χ3n) is 4.74. The molecule has 0 saturated carbocycles. The van der Waals surface area contributed by atoms with Gasteiger partial charge in [-0.2, -0.15) is 5.26 Å². The molecular weight excluding hydrogens is 386 g/mol. The second kappa shape index (κ2) is 8.21. The zero-order chi connectivity index (χ0) is 20.2. The van der Waals surface area contributed by atoms with Gasteiger partial charge in [0.1, 0.15) is 11.3 Å². The molecule has 3 heterocycles. The van der Waals surface area contributed by atoms with Crippen LogP contribution in [0.5, 0.6) is 0 Å². The Kier molecular flexibility index (Phi) is 5.32. The summed E-state index contributed by atoms with van der Waals surface area (Å²) in [5.74, 6) is -0.161. The lowest BCUT2D eigenvalue weighted by atomic mass is 10.1. The second-order valence-corrected chi connectivity index (χ2v) is 7.05. The maximum absolute atomic E-state index is 13.1. The molecule has 0 atom stereocenters. The van der Waals surface area contributed by atoms with Gasteiger partial charge in [0.2, 0.25) is 0 Å². The van der Waals surface area contributed by atoms with Crippen molar-refractivity contribution in [1.29, 1.82) is 5.26 Å². The summed E-state index contributed by atoms with van der Waals surface area (Å²) >= 11 is 6.40. The van der Waals surface area contributed by atoms with Crippen molar-refractivity contribution in [2.24, 2.45) is 0 Å². The van der Waals surface area contributed by atoms with Crippen molar-refractivity contribution in [3.63, 3.8) is 0 Å². The molecule has 0 aliphatic rings. The largest absolute Gasteiger partial charge is 0.357 e. The summed E-state index contributed by atoms with van der Waals surface area (Å²) in [4.78, 5) is 25.2. The van der Waals surface area contributed by atoms with Crippen LogP contribution in [0.1, 0.15) is 23.9 Å². The number of nitriles is 1. The summed E-state index contributed by atoms with van der Waals surface area (Å²) in [6, 6.07) is 15.5. The molecule has 0 aliphatic carbocycles. The molecule has 4 rings (SSSR count). The Morgan fingerprint density at radius 3 is 2.86 bits per heavy atom. The number of benzene rings is 1. The van der Waals surface area contributed by atoms with Gasteiger partial charge in [0, 0.05) is 49.6 Å². The average molecular weight is 406 g/mol. The zero-order valence-corrected chi connectivity index (χ0v) is 16.3. The molecule has 146 valence electrons. The molecule has 1 aromatic carbocycles. The van der Waals surface area contributed by atoms with E-state index in [1.165, 1.54) is 0 Å². The summed E-state index contributed by atoms with van der Waals surface area (Å²) < 4.78 is 0. The number of fused-ring (bicyclic) bond motifs is 1. The monoisotopic (exact) mass is 405 g/mol. The molecule has 6 nitrogen and oxygen atoms in total. The fourth-order valence-electron chi connectivity index (χ4n) is 3.35. The highest BCUT2D eigenvalue weighted by Crippen LogP contribution is 2.34. The first-order valence-corrected chi connectivity index (χ1v) is 9.55. The third-order valence-corrected chi connectivity index (χ3v) is 5.03. The number of nitrogens with zero attached hydrogens (tertiary/aromatic N) is 3. The van der Waals surface area contributed by atoms with Crippen LogP contribution in [0.2, 0.25) is 5.02 Å². The van der Waals surface area contributed by atoms with Crippen molar-refractivity contribution < 1.29 is 6.22 Å². The van der Waals surface area contributed by atoms with Gasteiger partial charge in [0.05, 0.1) is 17.5 Å². The number of hydrogen-bond donors (Lipinski definition) is 2. The molecule has 0 spiro atoms. The van der Waals surface area contributed by atoms with E-state index in [0.29, 0.717) is 23.8 Å². The van der Waals surface area contributed by atoms with E-state index in [9.17, 15) is 4.79 Å². The van der Waals surface area contributed by atoms with Gasteiger partial charge in [-0.25, -0.2) is 4.98 Å². The smallest absolute Gasteiger partial charge is 0.270 e. The number of aromatic amines is 2. The zero-order valence-electron chi connectivity index (χ0n) is 15.5. The highest BCUT2D eigenvalue weighted by Gasteiger charge is 2.20. The number of carbonyl (C=O) groups excluding carboxylic acids is 1. The van der Waals surface area contributed by atoms with Gasteiger partial charge in [-0.15, -0.1) is 0 Å². The lowest BCUT2D eigenvalue weighted by Gasteiger charge is -2.21. The SMILES string of the molecule is N#CCCN(Cc1ccccc1)C(=O)c1cc(-c2c(Cl)cnc3[nH]ccc23)c[nH]1.[HH]. The van der Waals surface area contributed by atoms with Gasteiger partial charge >= 0.3 is 0 Å². The fourth-order valence-corrected chi connectivity index (χ4v) is 3.61. The first-order valence-electron chi connectivity index (χ1n) is 9.18. The van der Waals surface area contributed by atoms with E-state index in [1.54, 1.807) is 29.6 Å². The van der Waals surface area contributed by atoms with Crippen LogP contribution in [0.15, 0.2) is 61.1 Å².